The number of hydrogen-bond acceptors (Lipinski definition) is 3. The van der Waals surface area contributed by atoms with Gasteiger partial charge in [0.05, 0.1) is 11.0 Å². The quantitative estimate of drug-likeness (QED) is 0.585. The maximum absolute atomic E-state index is 5.76. The average molecular weight is 359 g/mol. The third-order valence-corrected chi connectivity index (χ3v) is 6.00. The van der Waals surface area contributed by atoms with Crippen LogP contribution in [0.1, 0.15) is 24.0 Å². The van der Waals surface area contributed by atoms with Gasteiger partial charge in [-0.25, -0.2) is 4.98 Å². The summed E-state index contributed by atoms with van der Waals surface area (Å²) in [6.45, 7) is 1.75. The molecule has 138 valence electrons. The lowest BCUT2D eigenvalue weighted by Crippen LogP contribution is -2.26. The number of nitrogens with one attached hydrogen (secondary N) is 1. The van der Waals surface area contributed by atoms with Crippen LogP contribution >= 0.6 is 0 Å². The number of imidazole rings is 1. The first-order valence-electron chi connectivity index (χ1n) is 9.69. The second-order valence-corrected chi connectivity index (χ2v) is 7.67. The van der Waals surface area contributed by atoms with Gasteiger partial charge < -0.3 is 15.6 Å². The highest BCUT2D eigenvalue weighted by Crippen LogP contribution is 2.28. The van der Waals surface area contributed by atoms with Gasteiger partial charge >= 0.3 is 0 Å². The molecular formula is C22H25N5. The number of rotatable bonds is 4. The van der Waals surface area contributed by atoms with Gasteiger partial charge in [0.2, 0.25) is 0 Å². The molecule has 1 aliphatic heterocycles. The van der Waals surface area contributed by atoms with Crippen LogP contribution in [0, 0.1) is 0 Å². The normalized spacial score (nSPS) is 18.1. The Morgan fingerprint density at radius 2 is 2.15 bits per heavy atom. The van der Waals surface area contributed by atoms with Crippen molar-refractivity contribution in [2.45, 2.75) is 31.8 Å². The van der Waals surface area contributed by atoms with Crippen LogP contribution in [-0.2, 0) is 13.0 Å². The van der Waals surface area contributed by atoms with Crippen molar-refractivity contribution >= 4 is 21.9 Å². The number of H-pyrrole nitrogens is 1. The van der Waals surface area contributed by atoms with E-state index >= 15 is 0 Å². The minimum atomic E-state index is 0.539. The Morgan fingerprint density at radius 3 is 2.96 bits per heavy atom. The van der Waals surface area contributed by atoms with E-state index in [4.69, 9.17) is 5.73 Å². The number of aromatic nitrogens is 3. The molecule has 5 heteroatoms. The number of aromatic amines is 1. The van der Waals surface area contributed by atoms with Gasteiger partial charge in [-0.2, -0.15) is 0 Å². The van der Waals surface area contributed by atoms with Crippen molar-refractivity contribution < 1.29 is 0 Å². The molecule has 5 nitrogen and oxygen atoms in total. The Hall–Kier alpha value is -2.63. The van der Waals surface area contributed by atoms with E-state index < -0.39 is 0 Å². The van der Waals surface area contributed by atoms with Crippen molar-refractivity contribution in [3.63, 3.8) is 0 Å². The van der Waals surface area contributed by atoms with Gasteiger partial charge in [-0.1, -0.05) is 6.07 Å². The lowest BCUT2D eigenvalue weighted by molar-refractivity contribution is 0.310. The molecule has 0 saturated carbocycles. The summed E-state index contributed by atoms with van der Waals surface area (Å²) < 4.78 is 2.16. The van der Waals surface area contributed by atoms with E-state index in [2.05, 4.69) is 69.1 Å². The molecule has 0 amide bonds. The Balaban J connectivity index is 1.55. The summed E-state index contributed by atoms with van der Waals surface area (Å²) in [5, 5.41) is 1.31. The fraction of sp³-hybridized carbons (Fsp3) is 0.318. The third-order valence-electron chi connectivity index (χ3n) is 6.00. The molecule has 1 fully saturated rings. The topological polar surface area (TPSA) is 62.9 Å². The largest absolute Gasteiger partial charge is 0.361 e. The van der Waals surface area contributed by atoms with E-state index in [-0.39, 0.29) is 0 Å². The number of benzene rings is 2. The number of likely N-dealkylation sites (tertiary alicyclic amines) is 1. The van der Waals surface area contributed by atoms with Crippen LogP contribution < -0.4 is 5.73 Å². The van der Waals surface area contributed by atoms with Crippen molar-refractivity contribution in [2.24, 2.45) is 5.73 Å². The standard InChI is InChI=1S/C22H25N5/c1-26-8-2-3-17(26)10-16-13-24-20-6-5-18(11-19(16)20)27-14-25-21-9-15(12-23)4-7-22(21)27/h4-7,9,11,13-14,17,24H,2-3,8,10,12,23H2,1H3/t17-/m1/s1. The van der Waals surface area contributed by atoms with E-state index in [1.807, 2.05) is 6.33 Å². The molecular weight excluding hydrogens is 334 g/mol. The molecule has 1 atom stereocenters. The van der Waals surface area contributed by atoms with Gasteiger partial charge in [-0.15, -0.1) is 0 Å². The highest BCUT2D eigenvalue weighted by atomic mass is 15.1. The van der Waals surface area contributed by atoms with Crippen LogP contribution in [0.3, 0.4) is 0 Å². The highest BCUT2D eigenvalue weighted by Gasteiger charge is 2.22. The molecule has 27 heavy (non-hydrogen) atoms. The molecule has 0 unspecified atom stereocenters. The van der Waals surface area contributed by atoms with Gasteiger partial charge in [0.15, 0.2) is 0 Å². The first kappa shape index (κ1) is 16.5. The fourth-order valence-electron chi connectivity index (χ4n) is 4.37. The third kappa shape index (κ3) is 2.83. The molecule has 3 N–H and O–H groups in total. The lowest BCUT2D eigenvalue weighted by Gasteiger charge is -2.18. The maximum Gasteiger partial charge on any atom is 0.100 e. The summed E-state index contributed by atoms with van der Waals surface area (Å²) in [4.78, 5) is 10.5. The van der Waals surface area contributed by atoms with Crippen molar-refractivity contribution in [3.8, 4) is 5.69 Å². The minimum absolute atomic E-state index is 0.539. The molecule has 0 radical (unpaired) electrons. The van der Waals surface area contributed by atoms with Crippen LogP contribution in [-0.4, -0.2) is 39.1 Å². The van der Waals surface area contributed by atoms with Crippen LogP contribution in [0.5, 0.6) is 0 Å². The SMILES string of the molecule is CN1CCC[C@@H]1Cc1c[nH]c2ccc(-n3cnc4cc(CN)ccc43)cc12. The van der Waals surface area contributed by atoms with Gasteiger partial charge in [0, 0.05) is 35.4 Å². The number of likely N-dealkylation sites (N-methyl/N-ethyl adjacent to an activating group) is 1. The van der Waals surface area contributed by atoms with Gasteiger partial charge in [-0.3, -0.25) is 4.57 Å². The summed E-state index contributed by atoms with van der Waals surface area (Å²) in [6.07, 6.45) is 7.78. The molecule has 2 aromatic carbocycles. The lowest BCUT2D eigenvalue weighted by atomic mass is 10.0. The van der Waals surface area contributed by atoms with Gasteiger partial charge in [0.1, 0.15) is 6.33 Å². The summed E-state index contributed by atoms with van der Waals surface area (Å²) in [5.41, 5.74) is 12.7. The fourth-order valence-corrected chi connectivity index (χ4v) is 4.37. The van der Waals surface area contributed by atoms with Gasteiger partial charge in [-0.05, 0) is 74.3 Å². The van der Waals surface area contributed by atoms with Crippen LogP contribution in [0.4, 0.5) is 0 Å². The van der Waals surface area contributed by atoms with Crippen molar-refractivity contribution in [3.05, 3.63) is 60.0 Å². The molecule has 1 aliphatic rings. The number of hydrogen-bond donors (Lipinski definition) is 2. The molecule has 4 aromatic rings. The van der Waals surface area contributed by atoms with Crippen molar-refractivity contribution in [1.82, 2.24) is 19.4 Å². The zero-order chi connectivity index (χ0) is 18.4. The first-order valence-corrected chi connectivity index (χ1v) is 9.69. The molecule has 0 bridgehead atoms. The predicted octanol–water partition coefficient (Wildman–Crippen LogP) is 3.60. The second-order valence-electron chi connectivity index (χ2n) is 7.67. The zero-order valence-electron chi connectivity index (χ0n) is 15.7. The summed E-state index contributed by atoms with van der Waals surface area (Å²) in [6, 6.07) is 13.5. The summed E-state index contributed by atoms with van der Waals surface area (Å²) in [5.74, 6) is 0. The van der Waals surface area contributed by atoms with Crippen LogP contribution in [0.2, 0.25) is 0 Å². The molecule has 3 heterocycles. The first-order chi connectivity index (χ1) is 13.2. The Kier molecular flexibility index (Phi) is 3.99. The van der Waals surface area contributed by atoms with Crippen LogP contribution in [0.15, 0.2) is 48.9 Å². The Morgan fingerprint density at radius 1 is 1.22 bits per heavy atom. The van der Waals surface area contributed by atoms with E-state index in [1.165, 1.54) is 35.9 Å². The zero-order valence-corrected chi connectivity index (χ0v) is 15.7. The number of nitrogens with two attached hydrogens (primary N) is 1. The maximum atomic E-state index is 5.76. The van der Waals surface area contributed by atoms with E-state index in [9.17, 15) is 0 Å². The molecule has 0 spiro atoms. The smallest absolute Gasteiger partial charge is 0.100 e. The molecule has 1 saturated heterocycles. The van der Waals surface area contributed by atoms with Gasteiger partial charge in [0.25, 0.3) is 0 Å². The Bertz CT molecular complexity index is 1110. The number of nitrogens with zero attached hydrogens (tertiary/aromatic N) is 3. The Labute approximate surface area is 158 Å². The highest BCUT2D eigenvalue weighted by molar-refractivity contribution is 5.86. The van der Waals surface area contributed by atoms with Crippen LogP contribution in [0.25, 0.3) is 27.6 Å². The monoisotopic (exact) mass is 359 g/mol. The average Bonchev–Trinajstić information content (AvgIpc) is 3.40. The van der Waals surface area contributed by atoms with E-state index in [0.717, 1.165) is 28.7 Å². The molecule has 2 aromatic heterocycles. The minimum Gasteiger partial charge on any atom is -0.361 e. The van der Waals surface area contributed by atoms with E-state index in [1.54, 1.807) is 0 Å². The number of fused-ring (bicyclic) bond motifs is 2. The predicted molar refractivity (Wildman–Crippen MR) is 110 cm³/mol. The van der Waals surface area contributed by atoms with E-state index in [0.29, 0.717) is 12.6 Å². The summed E-state index contributed by atoms with van der Waals surface area (Å²) in [7, 11) is 2.24. The second kappa shape index (κ2) is 6.51. The molecule has 5 rings (SSSR count). The van der Waals surface area contributed by atoms with Crippen molar-refractivity contribution in [1.29, 1.82) is 0 Å². The summed E-state index contributed by atoms with van der Waals surface area (Å²) >= 11 is 0. The molecule has 0 aliphatic carbocycles. The van der Waals surface area contributed by atoms with Crippen molar-refractivity contribution in [2.75, 3.05) is 13.6 Å².